The van der Waals surface area contributed by atoms with Crippen molar-refractivity contribution in [3.05, 3.63) is 23.4 Å². The second-order valence-corrected chi connectivity index (χ2v) is 5.06. The third-order valence-electron chi connectivity index (χ3n) is 3.64. The van der Waals surface area contributed by atoms with Gasteiger partial charge < -0.3 is 11.1 Å². The molecule has 0 saturated carbocycles. The highest BCUT2D eigenvalue weighted by molar-refractivity contribution is 5.94. The van der Waals surface area contributed by atoms with Crippen molar-refractivity contribution in [2.75, 3.05) is 25.4 Å². The van der Waals surface area contributed by atoms with Crippen LogP contribution < -0.4 is 11.1 Å². The van der Waals surface area contributed by atoms with Crippen LogP contribution >= 0.6 is 0 Å². The second-order valence-electron chi connectivity index (χ2n) is 5.06. The number of nitrogens with two attached hydrogens (primary N) is 1. The Morgan fingerprint density at radius 1 is 1.58 bits per heavy atom. The number of aromatic nitrogens is 1. The lowest BCUT2D eigenvalue weighted by atomic mass is 10.2. The van der Waals surface area contributed by atoms with Gasteiger partial charge in [0.05, 0.1) is 0 Å². The average molecular weight is 262 g/mol. The number of rotatable bonds is 4. The molecular weight excluding hydrogens is 240 g/mol. The van der Waals surface area contributed by atoms with Crippen LogP contribution in [-0.2, 0) is 0 Å². The van der Waals surface area contributed by atoms with Gasteiger partial charge in [-0.25, -0.2) is 4.98 Å². The van der Waals surface area contributed by atoms with Crippen molar-refractivity contribution in [1.82, 2.24) is 15.2 Å². The molecule has 0 radical (unpaired) electrons. The maximum atomic E-state index is 12.1. The van der Waals surface area contributed by atoms with E-state index in [1.165, 1.54) is 6.42 Å². The highest BCUT2D eigenvalue weighted by atomic mass is 16.1. The lowest BCUT2D eigenvalue weighted by Gasteiger charge is -2.22. The fraction of sp³-hybridized carbons (Fsp3) is 0.571. The molecule has 0 aromatic carbocycles. The number of likely N-dealkylation sites (tertiary alicyclic amines) is 1. The first kappa shape index (κ1) is 13.8. The van der Waals surface area contributed by atoms with Gasteiger partial charge in [0.2, 0.25) is 0 Å². The van der Waals surface area contributed by atoms with Gasteiger partial charge in [0, 0.05) is 23.8 Å². The standard InChI is InChI=1S/C14H22N4O/c1-3-18-6-4-5-12(18)9-16-14(19)11-7-10(2)17-13(15)8-11/h7-8,12H,3-6,9H2,1-2H3,(H2,15,17)(H,16,19). The summed E-state index contributed by atoms with van der Waals surface area (Å²) in [5.74, 6) is 0.321. The van der Waals surface area contributed by atoms with E-state index in [2.05, 4.69) is 22.1 Å². The van der Waals surface area contributed by atoms with Gasteiger partial charge in [0.1, 0.15) is 5.82 Å². The predicted octanol–water partition coefficient (Wildman–Crippen LogP) is 1.19. The maximum absolute atomic E-state index is 12.1. The molecule has 1 aliphatic heterocycles. The first-order chi connectivity index (χ1) is 9.10. The minimum absolute atomic E-state index is 0.0693. The average Bonchev–Trinajstić information content (AvgIpc) is 2.82. The predicted molar refractivity (Wildman–Crippen MR) is 76.0 cm³/mol. The summed E-state index contributed by atoms with van der Waals surface area (Å²) in [4.78, 5) is 18.6. The monoisotopic (exact) mass is 262 g/mol. The summed E-state index contributed by atoms with van der Waals surface area (Å²) < 4.78 is 0. The van der Waals surface area contributed by atoms with Crippen LogP contribution in [0.3, 0.4) is 0 Å². The zero-order chi connectivity index (χ0) is 13.8. The van der Waals surface area contributed by atoms with Crippen LogP contribution in [0.5, 0.6) is 0 Å². The van der Waals surface area contributed by atoms with Gasteiger partial charge in [0.15, 0.2) is 0 Å². The maximum Gasteiger partial charge on any atom is 0.251 e. The van der Waals surface area contributed by atoms with Gasteiger partial charge in [-0.05, 0) is 45.0 Å². The Morgan fingerprint density at radius 2 is 2.37 bits per heavy atom. The summed E-state index contributed by atoms with van der Waals surface area (Å²) in [6.45, 7) is 6.88. The van der Waals surface area contributed by atoms with E-state index in [-0.39, 0.29) is 5.91 Å². The lowest BCUT2D eigenvalue weighted by molar-refractivity contribution is 0.0941. The molecule has 1 saturated heterocycles. The Bertz CT molecular complexity index is 441. The zero-order valence-electron chi connectivity index (χ0n) is 11.6. The number of anilines is 1. The van der Waals surface area contributed by atoms with Crippen molar-refractivity contribution >= 4 is 11.7 Å². The van der Waals surface area contributed by atoms with Crippen molar-refractivity contribution in [3.8, 4) is 0 Å². The third kappa shape index (κ3) is 3.44. The van der Waals surface area contributed by atoms with Gasteiger partial charge >= 0.3 is 0 Å². The van der Waals surface area contributed by atoms with Crippen LogP contribution in [-0.4, -0.2) is 41.5 Å². The van der Waals surface area contributed by atoms with E-state index in [1.54, 1.807) is 12.1 Å². The number of carbonyl (C=O) groups is 1. The van der Waals surface area contributed by atoms with Gasteiger partial charge in [-0.2, -0.15) is 0 Å². The number of hydrogen-bond acceptors (Lipinski definition) is 4. The molecule has 0 spiro atoms. The van der Waals surface area contributed by atoms with E-state index in [1.807, 2.05) is 6.92 Å². The number of nitrogens with one attached hydrogen (secondary N) is 1. The molecule has 5 heteroatoms. The molecule has 104 valence electrons. The van der Waals surface area contributed by atoms with Gasteiger partial charge in [-0.1, -0.05) is 6.92 Å². The number of carbonyl (C=O) groups excluding carboxylic acids is 1. The molecule has 0 aliphatic carbocycles. The van der Waals surface area contributed by atoms with Crippen LogP contribution in [0.2, 0.25) is 0 Å². The zero-order valence-corrected chi connectivity index (χ0v) is 11.6. The molecule has 1 aliphatic rings. The molecule has 1 amide bonds. The summed E-state index contributed by atoms with van der Waals surface area (Å²) in [7, 11) is 0. The van der Waals surface area contributed by atoms with Crippen LogP contribution in [0.4, 0.5) is 5.82 Å². The number of amides is 1. The molecule has 0 bridgehead atoms. The van der Waals surface area contributed by atoms with Crippen LogP contribution in [0.25, 0.3) is 0 Å². The SMILES string of the molecule is CCN1CCCC1CNC(=O)c1cc(C)nc(N)c1. The van der Waals surface area contributed by atoms with Gasteiger partial charge in [0.25, 0.3) is 5.91 Å². The summed E-state index contributed by atoms with van der Waals surface area (Å²) in [5.41, 5.74) is 7.01. The molecule has 2 heterocycles. The summed E-state index contributed by atoms with van der Waals surface area (Å²) in [6, 6.07) is 3.85. The molecule has 1 unspecified atom stereocenters. The highest BCUT2D eigenvalue weighted by Crippen LogP contribution is 2.16. The first-order valence-corrected chi connectivity index (χ1v) is 6.86. The molecule has 19 heavy (non-hydrogen) atoms. The van der Waals surface area contributed by atoms with Crippen molar-refractivity contribution in [1.29, 1.82) is 0 Å². The fourth-order valence-electron chi connectivity index (χ4n) is 2.68. The Morgan fingerprint density at radius 3 is 3.05 bits per heavy atom. The Labute approximate surface area is 114 Å². The summed E-state index contributed by atoms with van der Waals surface area (Å²) in [6.07, 6.45) is 2.38. The number of pyridine rings is 1. The number of nitrogen functional groups attached to an aromatic ring is 1. The normalized spacial score (nSPS) is 19.6. The molecule has 1 fully saturated rings. The van der Waals surface area contributed by atoms with Crippen LogP contribution in [0.15, 0.2) is 12.1 Å². The molecule has 3 N–H and O–H groups in total. The van der Waals surface area contributed by atoms with E-state index < -0.39 is 0 Å². The Hall–Kier alpha value is -1.62. The van der Waals surface area contributed by atoms with Crippen molar-refractivity contribution in [3.63, 3.8) is 0 Å². The molecule has 2 rings (SSSR count). The molecule has 1 atom stereocenters. The second kappa shape index (κ2) is 6.02. The van der Waals surface area contributed by atoms with Crippen LogP contribution in [0, 0.1) is 6.92 Å². The van der Waals surface area contributed by atoms with Gasteiger partial charge in [-0.3, -0.25) is 9.69 Å². The van der Waals surface area contributed by atoms with Crippen LogP contribution in [0.1, 0.15) is 35.8 Å². The fourth-order valence-corrected chi connectivity index (χ4v) is 2.68. The smallest absolute Gasteiger partial charge is 0.251 e. The third-order valence-corrected chi connectivity index (χ3v) is 3.64. The minimum atomic E-state index is -0.0693. The number of likely N-dealkylation sites (N-methyl/N-ethyl adjacent to an activating group) is 1. The topological polar surface area (TPSA) is 71.2 Å². The molecule has 5 nitrogen and oxygen atoms in total. The van der Waals surface area contributed by atoms with Crippen molar-refractivity contribution < 1.29 is 4.79 Å². The Kier molecular flexibility index (Phi) is 4.37. The van der Waals surface area contributed by atoms with E-state index in [0.717, 1.165) is 25.2 Å². The van der Waals surface area contributed by atoms with E-state index in [0.29, 0.717) is 24.0 Å². The van der Waals surface area contributed by atoms with Crippen molar-refractivity contribution in [2.24, 2.45) is 0 Å². The summed E-state index contributed by atoms with van der Waals surface area (Å²) >= 11 is 0. The number of hydrogen-bond donors (Lipinski definition) is 2. The highest BCUT2D eigenvalue weighted by Gasteiger charge is 2.23. The van der Waals surface area contributed by atoms with E-state index in [9.17, 15) is 4.79 Å². The first-order valence-electron chi connectivity index (χ1n) is 6.86. The quantitative estimate of drug-likeness (QED) is 0.855. The molecule has 1 aromatic rings. The van der Waals surface area contributed by atoms with E-state index >= 15 is 0 Å². The Balaban J connectivity index is 1.94. The number of aryl methyl sites for hydroxylation is 1. The van der Waals surface area contributed by atoms with E-state index in [4.69, 9.17) is 5.73 Å². The summed E-state index contributed by atoms with van der Waals surface area (Å²) in [5, 5.41) is 3.00. The molecular formula is C14H22N4O. The molecule has 1 aromatic heterocycles. The lowest BCUT2D eigenvalue weighted by Crippen LogP contribution is -2.40. The van der Waals surface area contributed by atoms with Crippen molar-refractivity contribution in [2.45, 2.75) is 32.7 Å². The number of nitrogens with zero attached hydrogens (tertiary/aromatic N) is 2. The largest absolute Gasteiger partial charge is 0.384 e. The van der Waals surface area contributed by atoms with Gasteiger partial charge in [-0.15, -0.1) is 0 Å². The minimum Gasteiger partial charge on any atom is -0.384 e.